The number of amides is 1. The van der Waals surface area contributed by atoms with Crippen LogP contribution < -0.4 is 10.6 Å². The second kappa shape index (κ2) is 8.71. The van der Waals surface area contributed by atoms with Gasteiger partial charge in [-0.1, -0.05) is 12.1 Å². The van der Waals surface area contributed by atoms with E-state index >= 15 is 0 Å². The van der Waals surface area contributed by atoms with Gasteiger partial charge in [0.15, 0.2) is 0 Å². The Kier molecular flexibility index (Phi) is 5.87. The van der Waals surface area contributed by atoms with Crippen LogP contribution in [0.15, 0.2) is 53.9 Å². The molecule has 0 bridgehead atoms. The Morgan fingerprint density at radius 1 is 1.03 bits per heavy atom. The third-order valence-corrected chi connectivity index (χ3v) is 6.07. The Morgan fingerprint density at radius 2 is 1.79 bits per heavy atom. The lowest BCUT2D eigenvalue weighted by Crippen LogP contribution is -2.30. The van der Waals surface area contributed by atoms with Crippen molar-refractivity contribution in [1.82, 2.24) is 9.88 Å². The van der Waals surface area contributed by atoms with Crippen molar-refractivity contribution in [3.63, 3.8) is 0 Å². The van der Waals surface area contributed by atoms with Gasteiger partial charge in [-0.2, -0.15) is 0 Å². The molecule has 0 spiro atoms. The molecule has 1 aliphatic heterocycles. The molecule has 2 aromatic carbocycles. The molecule has 29 heavy (non-hydrogen) atoms. The Labute approximate surface area is 173 Å². The molecule has 1 fully saturated rings. The number of primary amides is 1. The summed E-state index contributed by atoms with van der Waals surface area (Å²) in [5, 5.41) is 3.04. The number of benzene rings is 2. The van der Waals surface area contributed by atoms with Gasteiger partial charge >= 0.3 is 0 Å². The molecule has 7 heteroatoms. The van der Waals surface area contributed by atoms with E-state index in [1.165, 1.54) is 12.1 Å². The number of carbonyl (C=O) groups excluding carboxylic acids is 1. The van der Waals surface area contributed by atoms with Gasteiger partial charge in [0.05, 0.1) is 5.69 Å². The summed E-state index contributed by atoms with van der Waals surface area (Å²) in [4.78, 5) is 20.7. The van der Waals surface area contributed by atoms with E-state index in [1.807, 2.05) is 24.3 Å². The highest BCUT2D eigenvalue weighted by molar-refractivity contribution is 7.13. The van der Waals surface area contributed by atoms with Crippen LogP contribution in [0.25, 0.3) is 10.6 Å². The van der Waals surface area contributed by atoms with E-state index in [2.05, 4.69) is 15.2 Å². The monoisotopic (exact) mass is 410 g/mol. The number of halogens is 1. The van der Waals surface area contributed by atoms with Crippen molar-refractivity contribution in [3.8, 4) is 10.6 Å². The summed E-state index contributed by atoms with van der Waals surface area (Å²) >= 11 is 1.61. The number of hydrogen-bond donors (Lipinski definition) is 1. The molecule has 3 aromatic rings. The predicted molar refractivity (Wildman–Crippen MR) is 115 cm³/mol. The molecule has 1 aromatic heterocycles. The van der Waals surface area contributed by atoms with E-state index in [4.69, 9.17) is 10.7 Å². The van der Waals surface area contributed by atoms with Crippen LogP contribution >= 0.6 is 11.3 Å². The minimum absolute atomic E-state index is 0.200. The van der Waals surface area contributed by atoms with Crippen molar-refractivity contribution >= 4 is 22.9 Å². The van der Waals surface area contributed by atoms with E-state index in [-0.39, 0.29) is 5.82 Å². The maximum absolute atomic E-state index is 13.2. The maximum Gasteiger partial charge on any atom is 0.248 e. The van der Waals surface area contributed by atoms with Crippen LogP contribution in [0.3, 0.4) is 0 Å². The van der Waals surface area contributed by atoms with E-state index in [1.54, 1.807) is 23.5 Å². The molecule has 0 saturated carbocycles. The molecule has 2 heterocycles. The van der Waals surface area contributed by atoms with Crippen LogP contribution in [0.4, 0.5) is 10.1 Å². The maximum atomic E-state index is 13.2. The summed E-state index contributed by atoms with van der Waals surface area (Å²) in [6, 6.07) is 14.0. The lowest BCUT2D eigenvalue weighted by atomic mass is 10.1. The first kappa shape index (κ1) is 19.5. The van der Waals surface area contributed by atoms with E-state index in [0.717, 1.165) is 61.1 Å². The fourth-order valence-corrected chi connectivity index (χ4v) is 4.37. The fourth-order valence-electron chi connectivity index (χ4n) is 3.56. The van der Waals surface area contributed by atoms with Crippen molar-refractivity contribution in [2.24, 2.45) is 5.73 Å². The van der Waals surface area contributed by atoms with Crippen LogP contribution in [-0.4, -0.2) is 42.0 Å². The summed E-state index contributed by atoms with van der Waals surface area (Å²) in [6.45, 7) is 4.65. The molecule has 0 unspecified atom stereocenters. The van der Waals surface area contributed by atoms with Crippen molar-refractivity contribution in [2.45, 2.75) is 13.0 Å². The zero-order valence-electron chi connectivity index (χ0n) is 16.1. The zero-order chi connectivity index (χ0) is 20.2. The van der Waals surface area contributed by atoms with Crippen LogP contribution in [0, 0.1) is 5.82 Å². The molecule has 150 valence electrons. The highest BCUT2D eigenvalue weighted by Gasteiger charge is 2.17. The minimum Gasteiger partial charge on any atom is -0.370 e. The highest BCUT2D eigenvalue weighted by atomic mass is 32.1. The van der Waals surface area contributed by atoms with Crippen molar-refractivity contribution < 1.29 is 9.18 Å². The summed E-state index contributed by atoms with van der Waals surface area (Å²) in [5.74, 6) is -0.624. The van der Waals surface area contributed by atoms with Gasteiger partial charge in [0.2, 0.25) is 5.91 Å². The van der Waals surface area contributed by atoms with Crippen molar-refractivity contribution in [2.75, 3.05) is 31.1 Å². The molecule has 1 aliphatic rings. The molecule has 0 radical (unpaired) electrons. The van der Waals surface area contributed by atoms with Gasteiger partial charge in [0.1, 0.15) is 10.8 Å². The molecule has 0 atom stereocenters. The van der Waals surface area contributed by atoms with Gasteiger partial charge < -0.3 is 10.6 Å². The summed E-state index contributed by atoms with van der Waals surface area (Å²) in [6.07, 6.45) is 1.06. The largest absolute Gasteiger partial charge is 0.370 e. The first-order chi connectivity index (χ1) is 14.1. The number of rotatable bonds is 5. The predicted octanol–water partition coefficient (Wildman–Crippen LogP) is 3.76. The van der Waals surface area contributed by atoms with Gasteiger partial charge in [-0.25, -0.2) is 9.37 Å². The van der Waals surface area contributed by atoms with Crippen molar-refractivity contribution in [1.29, 1.82) is 0 Å². The Morgan fingerprint density at radius 3 is 2.52 bits per heavy atom. The topological polar surface area (TPSA) is 62.5 Å². The third-order valence-electron chi connectivity index (χ3n) is 5.13. The Bertz CT molecular complexity index is 971. The smallest absolute Gasteiger partial charge is 0.248 e. The van der Waals surface area contributed by atoms with Crippen LogP contribution in [0.2, 0.25) is 0 Å². The van der Waals surface area contributed by atoms with Gasteiger partial charge in [-0.3, -0.25) is 9.69 Å². The number of carbonyl (C=O) groups is 1. The highest BCUT2D eigenvalue weighted by Crippen LogP contribution is 2.25. The summed E-state index contributed by atoms with van der Waals surface area (Å²) in [5.41, 5.74) is 8.92. The van der Waals surface area contributed by atoms with Gasteiger partial charge in [-0.15, -0.1) is 11.3 Å². The van der Waals surface area contributed by atoms with Crippen LogP contribution in [-0.2, 0) is 6.54 Å². The van der Waals surface area contributed by atoms with E-state index in [0.29, 0.717) is 5.56 Å². The number of hydrogen-bond acceptors (Lipinski definition) is 5. The van der Waals surface area contributed by atoms with E-state index < -0.39 is 5.91 Å². The first-order valence-electron chi connectivity index (χ1n) is 9.66. The Hall–Kier alpha value is -2.77. The number of thiazole rings is 1. The average molecular weight is 411 g/mol. The van der Waals surface area contributed by atoms with Crippen molar-refractivity contribution in [3.05, 3.63) is 71.0 Å². The fraction of sp³-hybridized carbons (Fsp3) is 0.273. The summed E-state index contributed by atoms with van der Waals surface area (Å²) in [7, 11) is 0. The second-order valence-electron chi connectivity index (χ2n) is 7.18. The first-order valence-corrected chi connectivity index (χ1v) is 10.5. The lowest BCUT2D eigenvalue weighted by Gasteiger charge is -2.23. The second-order valence-corrected chi connectivity index (χ2v) is 8.04. The number of anilines is 1. The molecule has 4 rings (SSSR count). The Balaban J connectivity index is 1.37. The quantitative estimate of drug-likeness (QED) is 0.696. The van der Waals surface area contributed by atoms with E-state index in [9.17, 15) is 9.18 Å². The normalized spacial score (nSPS) is 15.3. The molecule has 0 aliphatic carbocycles. The molecule has 1 amide bonds. The standard InChI is InChI=1S/C22H23FN4OS/c23-18-6-8-20(9-7-18)27-11-1-10-26(12-13-27)14-19-15-29-22(25-19)17-4-2-16(3-5-17)21(24)28/h2-9,15H,1,10-14H2,(H2,24,28). The number of nitrogens with zero attached hydrogens (tertiary/aromatic N) is 3. The average Bonchev–Trinajstić information content (AvgIpc) is 3.07. The number of aromatic nitrogens is 1. The third kappa shape index (κ3) is 4.81. The molecular formula is C22H23FN4OS. The minimum atomic E-state index is -0.424. The van der Waals surface area contributed by atoms with Gasteiger partial charge in [0.25, 0.3) is 0 Å². The van der Waals surface area contributed by atoms with Crippen LogP contribution in [0.1, 0.15) is 22.5 Å². The molecule has 2 N–H and O–H groups in total. The summed E-state index contributed by atoms with van der Waals surface area (Å²) < 4.78 is 13.2. The number of nitrogens with two attached hydrogens (primary N) is 1. The SMILES string of the molecule is NC(=O)c1ccc(-c2nc(CN3CCCN(c4ccc(F)cc4)CC3)cs2)cc1. The molecule has 1 saturated heterocycles. The van der Waals surface area contributed by atoms with Crippen LogP contribution in [0.5, 0.6) is 0 Å². The lowest BCUT2D eigenvalue weighted by molar-refractivity contribution is 0.100. The van der Waals surface area contributed by atoms with Gasteiger partial charge in [-0.05, 0) is 42.8 Å². The molecule has 5 nitrogen and oxygen atoms in total. The van der Waals surface area contributed by atoms with Gasteiger partial charge in [0, 0.05) is 54.9 Å². The zero-order valence-corrected chi connectivity index (χ0v) is 16.9. The molecular weight excluding hydrogens is 387 g/mol.